The molecule has 2 amide bonds. The van der Waals surface area contributed by atoms with Gasteiger partial charge in [0.2, 0.25) is 0 Å². The first-order valence-electron chi connectivity index (χ1n) is 7.69. The van der Waals surface area contributed by atoms with Crippen molar-refractivity contribution in [1.29, 1.82) is 0 Å². The Bertz CT molecular complexity index is 737. The molecule has 1 atom stereocenters. The van der Waals surface area contributed by atoms with E-state index in [0.29, 0.717) is 10.8 Å². The van der Waals surface area contributed by atoms with Crippen LogP contribution in [-0.2, 0) is 4.79 Å². The first-order valence-corrected chi connectivity index (χ1v) is 8.07. The summed E-state index contributed by atoms with van der Waals surface area (Å²) in [5, 5.41) is 5.84. The minimum atomic E-state index is -0.694. The number of rotatable bonds is 7. The van der Waals surface area contributed by atoms with Gasteiger partial charge in [-0.15, -0.1) is 0 Å². The number of hydrogen-bond acceptors (Lipinski definition) is 3. The van der Waals surface area contributed by atoms with Crippen LogP contribution in [0.25, 0.3) is 0 Å². The van der Waals surface area contributed by atoms with E-state index in [4.69, 9.17) is 16.3 Å². The van der Waals surface area contributed by atoms with Crippen molar-refractivity contribution in [2.24, 2.45) is 0 Å². The summed E-state index contributed by atoms with van der Waals surface area (Å²) in [4.78, 5) is 23.8. The number of carbonyl (C=O) groups is 2. The lowest BCUT2D eigenvalue weighted by molar-refractivity contribution is -0.127. The lowest BCUT2D eigenvalue weighted by Gasteiger charge is -2.15. The fourth-order valence-corrected chi connectivity index (χ4v) is 2.13. The van der Waals surface area contributed by atoms with Gasteiger partial charge in [0.25, 0.3) is 11.8 Å². The molecule has 5 nitrogen and oxygen atoms in total. The second kappa shape index (κ2) is 9.03. The Morgan fingerprint density at radius 3 is 2.48 bits per heavy atom. The molecule has 2 aromatic carbocycles. The number of benzene rings is 2. The molecule has 2 N–H and O–H groups in total. The topological polar surface area (TPSA) is 67.4 Å². The van der Waals surface area contributed by atoms with Gasteiger partial charge in [0.15, 0.2) is 6.10 Å². The van der Waals surface area contributed by atoms with Crippen molar-refractivity contribution in [1.82, 2.24) is 10.6 Å². The van der Waals surface area contributed by atoms with Crippen LogP contribution in [0.5, 0.6) is 5.75 Å². The molecule has 0 aliphatic carbocycles. The van der Waals surface area contributed by atoms with Gasteiger partial charge in [0.05, 0.1) is 0 Å². The molecule has 1 unspecified atom stereocenters. The Kier molecular flexibility index (Phi) is 6.77. The van der Waals surface area contributed by atoms with E-state index in [1.165, 1.54) is 18.2 Å². The zero-order valence-corrected chi connectivity index (χ0v) is 14.3. The van der Waals surface area contributed by atoms with E-state index in [-0.39, 0.29) is 24.6 Å². The largest absolute Gasteiger partial charge is 0.481 e. The van der Waals surface area contributed by atoms with Crippen molar-refractivity contribution in [2.75, 3.05) is 13.1 Å². The van der Waals surface area contributed by atoms with Gasteiger partial charge in [-0.2, -0.15) is 0 Å². The van der Waals surface area contributed by atoms with Gasteiger partial charge >= 0.3 is 0 Å². The third kappa shape index (κ3) is 6.08. The van der Waals surface area contributed by atoms with Crippen LogP contribution in [0.1, 0.15) is 17.3 Å². The molecule has 0 aliphatic heterocycles. The van der Waals surface area contributed by atoms with Crippen LogP contribution in [0.4, 0.5) is 4.39 Å². The van der Waals surface area contributed by atoms with Gasteiger partial charge in [-0.1, -0.05) is 17.7 Å². The first-order chi connectivity index (χ1) is 12.0. The second-order valence-corrected chi connectivity index (χ2v) is 5.71. The van der Waals surface area contributed by atoms with Crippen LogP contribution in [0, 0.1) is 5.82 Å². The molecule has 0 bridgehead atoms. The summed E-state index contributed by atoms with van der Waals surface area (Å²) in [6.45, 7) is 2.07. The number of ether oxygens (including phenoxy) is 1. The second-order valence-electron chi connectivity index (χ2n) is 5.27. The highest BCUT2D eigenvalue weighted by molar-refractivity contribution is 6.30. The fourth-order valence-electron chi connectivity index (χ4n) is 2.01. The number of nitrogens with one attached hydrogen (secondary N) is 2. The van der Waals surface area contributed by atoms with Crippen molar-refractivity contribution in [3.8, 4) is 5.75 Å². The van der Waals surface area contributed by atoms with Gasteiger partial charge in [-0.05, 0) is 49.4 Å². The summed E-state index contributed by atoms with van der Waals surface area (Å²) < 4.78 is 18.5. The van der Waals surface area contributed by atoms with E-state index in [1.807, 2.05) is 0 Å². The highest BCUT2D eigenvalue weighted by atomic mass is 35.5. The summed E-state index contributed by atoms with van der Waals surface area (Å²) in [6, 6.07) is 12.1. The highest BCUT2D eigenvalue weighted by Gasteiger charge is 2.14. The van der Waals surface area contributed by atoms with Crippen LogP contribution in [0.2, 0.25) is 5.02 Å². The average molecular weight is 365 g/mol. The molecule has 0 radical (unpaired) electrons. The third-order valence-corrected chi connectivity index (χ3v) is 3.54. The van der Waals surface area contributed by atoms with Crippen LogP contribution in [0.3, 0.4) is 0 Å². The number of hydrogen-bond donors (Lipinski definition) is 2. The predicted molar refractivity (Wildman–Crippen MR) is 93.3 cm³/mol. The van der Waals surface area contributed by atoms with Gasteiger partial charge in [-0.3, -0.25) is 9.59 Å². The summed E-state index contributed by atoms with van der Waals surface area (Å²) in [7, 11) is 0. The number of halogens is 2. The molecule has 2 aromatic rings. The van der Waals surface area contributed by atoms with Crippen molar-refractivity contribution in [3.63, 3.8) is 0 Å². The van der Waals surface area contributed by atoms with E-state index in [0.717, 1.165) is 6.07 Å². The lowest BCUT2D eigenvalue weighted by Crippen LogP contribution is -2.40. The molecule has 0 heterocycles. The van der Waals surface area contributed by atoms with Gasteiger partial charge in [0.1, 0.15) is 11.6 Å². The standard InChI is InChI=1S/C18H18ClFN2O3/c1-12(25-16-7-5-14(19)6-8-16)17(23)21-9-10-22-18(24)13-3-2-4-15(20)11-13/h2-8,11-12H,9-10H2,1H3,(H,21,23)(H,22,24). The maximum Gasteiger partial charge on any atom is 0.260 e. The summed E-state index contributed by atoms with van der Waals surface area (Å²) in [5.41, 5.74) is 0.228. The molecule has 2 rings (SSSR count). The molecular formula is C18H18ClFN2O3. The Morgan fingerprint density at radius 1 is 1.12 bits per heavy atom. The van der Waals surface area contributed by atoms with Crippen molar-refractivity contribution < 1.29 is 18.7 Å². The third-order valence-electron chi connectivity index (χ3n) is 3.29. The molecule has 25 heavy (non-hydrogen) atoms. The van der Waals surface area contributed by atoms with Crippen molar-refractivity contribution in [3.05, 3.63) is 64.9 Å². The van der Waals surface area contributed by atoms with E-state index in [1.54, 1.807) is 31.2 Å². The average Bonchev–Trinajstić information content (AvgIpc) is 2.60. The van der Waals surface area contributed by atoms with E-state index < -0.39 is 17.8 Å². The first kappa shape index (κ1) is 18.7. The summed E-state index contributed by atoms with van der Waals surface area (Å²) in [5.74, 6) is -0.658. The van der Waals surface area contributed by atoms with E-state index >= 15 is 0 Å². The fraction of sp³-hybridized carbons (Fsp3) is 0.222. The number of amides is 2. The van der Waals surface area contributed by atoms with Gasteiger partial charge in [0, 0.05) is 23.7 Å². The maximum atomic E-state index is 13.1. The summed E-state index contributed by atoms with van der Waals surface area (Å²) in [6.07, 6.45) is -0.694. The highest BCUT2D eigenvalue weighted by Crippen LogP contribution is 2.16. The van der Waals surface area contributed by atoms with Gasteiger partial charge in [-0.25, -0.2) is 4.39 Å². The Hall–Kier alpha value is -2.60. The molecule has 132 valence electrons. The zero-order valence-electron chi connectivity index (χ0n) is 13.6. The predicted octanol–water partition coefficient (Wildman–Crippen LogP) is 2.79. The molecule has 0 aliphatic rings. The molecule has 7 heteroatoms. The normalized spacial score (nSPS) is 11.5. The van der Waals surface area contributed by atoms with Crippen LogP contribution >= 0.6 is 11.6 Å². The van der Waals surface area contributed by atoms with Crippen molar-refractivity contribution >= 4 is 23.4 Å². The zero-order chi connectivity index (χ0) is 18.2. The smallest absolute Gasteiger partial charge is 0.260 e. The molecule has 0 spiro atoms. The quantitative estimate of drug-likeness (QED) is 0.742. The minimum absolute atomic E-state index is 0.217. The Labute approximate surface area is 150 Å². The minimum Gasteiger partial charge on any atom is -0.481 e. The molecule has 0 aromatic heterocycles. The van der Waals surface area contributed by atoms with E-state index in [9.17, 15) is 14.0 Å². The lowest BCUT2D eigenvalue weighted by atomic mass is 10.2. The summed E-state index contributed by atoms with van der Waals surface area (Å²) >= 11 is 5.78. The Morgan fingerprint density at radius 2 is 1.80 bits per heavy atom. The molecule has 0 fully saturated rings. The SMILES string of the molecule is CC(Oc1ccc(Cl)cc1)C(=O)NCCNC(=O)c1cccc(F)c1. The molecule has 0 saturated carbocycles. The number of carbonyl (C=O) groups excluding carboxylic acids is 2. The van der Waals surface area contributed by atoms with Crippen LogP contribution in [-0.4, -0.2) is 31.0 Å². The van der Waals surface area contributed by atoms with Crippen molar-refractivity contribution in [2.45, 2.75) is 13.0 Å². The molecule has 0 saturated heterocycles. The maximum absolute atomic E-state index is 13.1. The monoisotopic (exact) mass is 364 g/mol. The molecular weight excluding hydrogens is 347 g/mol. The van der Waals surface area contributed by atoms with Gasteiger partial charge < -0.3 is 15.4 Å². The van der Waals surface area contributed by atoms with E-state index in [2.05, 4.69) is 10.6 Å². The van der Waals surface area contributed by atoms with Crippen LogP contribution in [0.15, 0.2) is 48.5 Å². The van der Waals surface area contributed by atoms with Crippen LogP contribution < -0.4 is 15.4 Å². The Balaban J connectivity index is 1.71.